The second-order valence-electron chi connectivity index (χ2n) is 7.18. The topological polar surface area (TPSA) is 51.4 Å². The Morgan fingerprint density at radius 2 is 1.79 bits per heavy atom. The van der Waals surface area contributed by atoms with Gasteiger partial charge in [-0.2, -0.15) is 0 Å². The van der Waals surface area contributed by atoms with E-state index in [0.29, 0.717) is 21.3 Å². The molecule has 2 aliphatic rings. The number of carbonyl (C=O) groups excluding carboxylic acids is 1. The Morgan fingerprint density at radius 1 is 1.03 bits per heavy atom. The molecule has 0 radical (unpaired) electrons. The molecular weight excluding hydrogens is 448 g/mol. The van der Waals surface area contributed by atoms with Gasteiger partial charge < -0.3 is 0 Å². The summed E-state index contributed by atoms with van der Waals surface area (Å²) < 4.78 is 3.32. The third kappa shape index (κ3) is 3.26. The number of halogens is 1. The lowest BCUT2D eigenvalue weighted by Gasteiger charge is -2.28. The van der Waals surface area contributed by atoms with Crippen LogP contribution in [0, 0.1) is 0 Å². The minimum absolute atomic E-state index is 0.101. The average Bonchev–Trinajstić information content (AvgIpc) is 3.04. The van der Waals surface area contributed by atoms with Crippen LogP contribution in [-0.4, -0.2) is 10.4 Å². The summed E-state index contributed by atoms with van der Waals surface area (Å²) in [5.41, 5.74) is 3.32. The number of carbonyl (C=O) groups is 1. The normalized spacial score (nSPS) is 19.0. The highest BCUT2D eigenvalue weighted by molar-refractivity contribution is 9.10. The predicted molar refractivity (Wildman–Crippen MR) is 118 cm³/mol. The summed E-state index contributed by atoms with van der Waals surface area (Å²) in [7, 11) is 0. The molecule has 5 rings (SSSR count). The zero-order valence-electron chi connectivity index (χ0n) is 15.5. The molecule has 0 bridgehead atoms. The third-order valence-electron chi connectivity index (χ3n) is 5.31. The lowest BCUT2D eigenvalue weighted by molar-refractivity contribution is -0.116. The number of ketones is 1. The van der Waals surface area contributed by atoms with Crippen molar-refractivity contribution < 1.29 is 4.79 Å². The Balaban J connectivity index is 1.76. The Labute approximate surface area is 179 Å². The Hall–Kier alpha value is -2.57. The Bertz CT molecular complexity index is 1320. The number of hydrogen-bond donors (Lipinski definition) is 0. The first-order valence-electron chi connectivity index (χ1n) is 9.50. The van der Waals surface area contributed by atoms with E-state index in [2.05, 4.69) is 15.9 Å². The van der Waals surface area contributed by atoms with Crippen LogP contribution in [0.5, 0.6) is 0 Å². The first-order chi connectivity index (χ1) is 14.1. The van der Waals surface area contributed by atoms with E-state index in [1.54, 1.807) is 4.57 Å². The maximum absolute atomic E-state index is 13.4. The summed E-state index contributed by atoms with van der Waals surface area (Å²) in [6.45, 7) is 0. The van der Waals surface area contributed by atoms with Gasteiger partial charge in [-0.15, -0.1) is 0 Å². The van der Waals surface area contributed by atoms with Crippen LogP contribution in [0.25, 0.3) is 6.08 Å². The molecule has 0 saturated heterocycles. The van der Waals surface area contributed by atoms with Crippen LogP contribution in [0.1, 0.15) is 36.4 Å². The zero-order chi connectivity index (χ0) is 20.0. The van der Waals surface area contributed by atoms with Crippen LogP contribution in [0.2, 0.25) is 0 Å². The summed E-state index contributed by atoms with van der Waals surface area (Å²) in [6, 6.07) is 17.2. The molecule has 0 fully saturated rings. The maximum atomic E-state index is 13.4. The molecule has 2 heterocycles. The molecule has 1 aliphatic heterocycles. The smallest absolute Gasteiger partial charge is 0.271 e. The Kier molecular flexibility index (Phi) is 4.68. The number of rotatable bonds is 2. The average molecular weight is 465 g/mol. The zero-order valence-corrected chi connectivity index (χ0v) is 17.9. The molecule has 2 aromatic carbocycles. The molecule has 144 valence electrons. The van der Waals surface area contributed by atoms with Gasteiger partial charge in [-0.25, -0.2) is 4.99 Å². The molecule has 1 aromatic heterocycles. The highest BCUT2D eigenvalue weighted by Crippen LogP contribution is 2.35. The van der Waals surface area contributed by atoms with Crippen LogP contribution in [0.15, 0.2) is 80.1 Å². The lowest BCUT2D eigenvalue weighted by Crippen LogP contribution is -2.40. The molecule has 0 N–H and O–H groups in total. The van der Waals surface area contributed by atoms with Gasteiger partial charge in [0.1, 0.15) is 0 Å². The van der Waals surface area contributed by atoms with Crippen molar-refractivity contribution in [2.24, 2.45) is 4.99 Å². The molecular formula is C23H17BrN2O2S. The summed E-state index contributed by atoms with van der Waals surface area (Å²) in [4.78, 5) is 31.6. The summed E-state index contributed by atoms with van der Waals surface area (Å²) in [5.74, 6) is 0.103. The monoisotopic (exact) mass is 464 g/mol. The molecule has 6 heteroatoms. The molecule has 0 spiro atoms. The fourth-order valence-corrected chi connectivity index (χ4v) is 5.26. The summed E-state index contributed by atoms with van der Waals surface area (Å²) in [5, 5.41) is 0. The largest absolute Gasteiger partial charge is 0.294 e. The predicted octanol–water partition coefficient (Wildman–Crippen LogP) is 3.73. The van der Waals surface area contributed by atoms with E-state index in [4.69, 9.17) is 4.99 Å². The number of allylic oxidation sites excluding steroid dienone is 2. The van der Waals surface area contributed by atoms with Crippen molar-refractivity contribution in [2.75, 3.05) is 0 Å². The first-order valence-corrected chi connectivity index (χ1v) is 11.1. The van der Waals surface area contributed by atoms with Crippen LogP contribution in [-0.2, 0) is 4.79 Å². The van der Waals surface area contributed by atoms with E-state index in [1.165, 1.54) is 11.3 Å². The second kappa shape index (κ2) is 7.35. The van der Waals surface area contributed by atoms with E-state index in [9.17, 15) is 9.59 Å². The van der Waals surface area contributed by atoms with Crippen molar-refractivity contribution >= 4 is 39.1 Å². The van der Waals surface area contributed by atoms with Crippen molar-refractivity contribution in [1.29, 1.82) is 0 Å². The van der Waals surface area contributed by atoms with Crippen molar-refractivity contribution in [1.82, 2.24) is 4.57 Å². The van der Waals surface area contributed by atoms with E-state index in [1.807, 2.05) is 60.7 Å². The standard InChI is InChI=1S/C23H17BrN2O2S/c24-16-11-9-14(10-12-16)13-19-22(28)26-21(15-5-2-1-3-6-15)20-17(25-23(26)29-19)7-4-8-18(20)27/h1-3,5-6,9-13,21H,4,7-8H2. The minimum atomic E-state index is -0.401. The van der Waals surface area contributed by atoms with Crippen LogP contribution >= 0.6 is 27.3 Å². The van der Waals surface area contributed by atoms with Gasteiger partial charge in [-0.3, -0.25) is 14.2 Å². The van der Waals surface area contributed by atoms with E-state index < -0.39 is 6.04 Å². The highest BCUT2D eigenvalue weighted by Gasteiger charge is 2.34. The van der Waals surface area contributed by atoms with Gasteiger partial charge in [0.05, 0.1) is 16.3 Å². The number of hydrogen-bond acceptors (Lipinski definition) is 4. The number of thiazole rings is 1. The number of aromatic nitrogens is 1. The molecule has 1 unspecified atom stereocenters. The van der Waals surface area contributed by atoms with Crippen LogP contribution in [0.3, 0.4) is 0 Å². The SMILES string of the molecule is O=C1CCCC2=C1C(c1ccccc1)n1c(sc(=Cc3ccc(Br)cc3)c1=O)=N2. The maximum Gasteiger partial charge on any atom is 0.271 e. The molecule has 1 atom stereocenters. The van der Waals surface area contributed by atoms with E-state index >= 15 is 0 Å². The quantitative estimate of drug-likeness (QED) is 0.579. The number of nitrogens with zero attached hydrogens (tertiary/aromatic N) is 2. The van der Waals surface area contributed by atoms with Gasteiger partial charge in [0.2, 0.25) is 0 Å². The fourth-order valence-electron chi connectivity index (χ4n) is 3.97. The van der Waals surface area contributed by atoms with Crippen molar-refractivity contribution in [3.63, 3.8) is 0 Å². The van der Waals surface area contributed by atoms with Crippen molar-refractivity contribution in [3.8, 4) is 0 Å². The Morgan fingerprint density at radius 3 is 2.55 bits per heavy atom. The molecule has 0 amide bonds. The van der Waals surface area contributed by atoms with Crippen LogP contribution < -0.4 is 14.9 Å². The molecule has 1 aliphatic carbocycles. The van der Waals surface area contributed by atoms with Gasteiger partial charge >= 0.3 is 0 Å². The summed E-state index contributed by atoms with van der Waals surface area (Å²) in [6.07, 6.45) is 4.01. The van der Waals surface area contributed by atoms with Gasteiger partial charge in [0.15, 0.2) is 10.6 Å². The van der Waals surface area contributed by atoms with Gasteiger partial charge in [0.25, 0.3) is 5.56 Å². The highest BCUT2D eigenvalue weighted by atomic mass is 79.9. The van der Waals surface area contributed by atoms with Gasteiger partial charge in [0, 0.05) is 16.5 Å². The number of benzene rings is 2. The third-order valence-corrected chi connectivity index (χ3v) is 6.82. The second-order valence-corrected chi connectivity index (χ2v) is 9.11. The van der Waals surface area contributed by atoms with Crippen LogP contribution in [0.4, 0.5) is 0 Å². The van der Waals surface area contributed by atoms with E-state index in [0.717, 1.165) is 34.1 Å². The number of Topliss-reactive ketones (excluding diaryl/α,β-unsaturated/α-hetero) is 1. The van der Waals surface area contributed by atoms with E-state index in [-0.39, 0.29) is 11.3 Å². The molecule has 3 aromatic rings. The molecule has 29 heavy (non-hydrogen) atoms. The van der Waals surface area contributed by atoms with Gasteiger partial charge in [-0.1, -0.05) is 69.7 Å². The lowest BCUT2D eigenvalue weighted by atomic mass is 9.86. The van der Waals surface area contributed by atoms with Gasteiger partial charge in [-0.05, 0) is 42.2 Å². The number of fused-ring (bicyclic) bond motifs is 1. The van der Waals surface area contributed by atoms with Crippen molar-refractivity contribution in [3.05, 3.63) is 101 Å². The summed E-state index contributed by atoms with van der Waals surface area (Å²) >= 11 is 4.82. The van der Waals surface area contributed by atoms with Crippen molar-refractivity contribution in [2.45, 2.75) is 25.3 Å². The minimum Gasteiger partial charge on any atom is -0.294 e. The molecule has 4 nitrogen and oxygen atoms in total. The fraction of sp³-hybridized carbons (Fsp3) is 0.174. The first kappa shape index (κ1) is 18.5. The molecule has 0 saturated carbocycles.